The van der Waals surface area contributed by atoms with Crippen LogP contribution in [0, 0.1) is 0 Å². The second-order valence-corrected chi connectivity index (χ2v) is 3.84. The van der Waals surface area contributed by atoms with E-state index < -0.39 is 6.29 Å². The fourth-order valence-electron chi connectivity index (χ4n) is 0.794. The Labute approximate surface area is 67.0 Å². The fourth-order valence-corrected chi connectivity index (χ4v) is 1.91. The van der Waals surface area contributed by atoms with Crippen LogP contribution in [0.15, 0.2) is 12.1 Å². The summed E-state index contributed by atoms with van der Waals surface area (Å²) in [5.74, 6) is 0. The second-order valence-electron chi connectivity index (χ2n) is 2.09. The number of ether oxygens (including phenoxy) is 1. The first-order chi connectivity index (χ1) is 4.77. The van der Waals surface area contributed by atoms with E-state index >= 15 is 0 Å². The van der Waals surface area contributed by atoms with Gasteiger partial charge in [0.1, 0.15) is 6.10 Å². The Hall–Kier alpha value is -0.0900. The minimum Gasteiger partial charge on any atom is -0.366 e. The molecule has 2 rings (SSSR count). The second kappa shape index (κ2) is 2.20. The van der Waals surface area contributed by atoms with Crippen molar-refractivity contribution < 1.29 is 9.84 Å². The predicted molar refractivity (Wildman–Crippen MR) is 39.2 cm³/mol. The van der Waals surface area contributed by atoms with Gasteiger partial charge in [0.15, 0.2) is 6.29 Å². The van der Waals surface area contributed by atoms with E-state index in [1.54, 1.807) is 6.07 Å². The lowest BCUT2D eigenvalue weighted by molar-refractivity contribution is 0.156. The minimum absolute atomic E-state index is 0.113. The van der Waals surface area contributed by atoms with Gasteiger partial charge in [-0.2, -0.15) is 0 Å². The molecule has 2 unspecified atom stereocenters. The van der Waals surface area contributed by atoms with Gasteiger partial charge in [0, 0.05) is 4.88 Å². The molecule has 0 aliphatic carbocycles. The Kier molecular flexibility index (Phi) is 1.46. The molecule has 2 atom stereocenters. The van der Waals surface area contributed by atoms with Gasteiger partial charge in [0.2, 0.25) is 0 Å². The molecule has 2 nitrogen and oxygen atoms in total. The normalized spacial score (nSPS) is 30.6. The Morgan fingerprint density at radius 2 is 2.30 bits per heavy atom. The highest BCUT2D eigenvalue weighted by atomic mass is 35.5. The van der Waals surface area contributed by atoms with Crippen LogP contribution < -0.4 is 0 Å². The third-order valence-corrected chi connectivity index (χ3v) is 2.64. The summed E-state index contributed by atoms with van der Waals surface area (Å²) < 4.78 is 5.56. The molecule has 54 valence electrons. The number of thiophene rings is 1. The lowest BCUT2D eigenvalue weighted by atomic mass is 10.4. The molecule has 0 bridgehead atoms. The van der Waals surface area contributed by atoms with Crippen LogP contribution in [0.3, 0.4) is 0 Å². The quantitative estimate of drug-likeness (QED) is 0.662. The lowest BCUT2D eigenvalue weighted by Gasteiger charge is -1.81. The van der Waals surface area contributed by atoms with Crippen LogP contribution in [0.2, 0.25) is 4.34 Å². The van der Waals surface area contributed by atoms with E-state index in [4.69, 9.17) is 21.4 Å². The number of epoxide rings is 1. The molecule has 1 N–H and O–H groups in total. The van der Waals surface area contributed by atoms with Crippen molar-refractivity contribution in [2.24, 2.45) is 0 Å². The highest BCUT2D eigenvalue weighted by Crippen LogP contribution is 2.41. The van der Waals surface area contributed by atoms with Crippen molar-refractivity contribution in [3.8, 4) is 0 Å². The minimum atomic E-state index is -0.602. The zero-order chi connectivity index (χ0) is 7.14. The number of rotatable bonds is 1. The highest BCUT2D eigenvalue weighted by Gasteiger charge is 2.39. The summed E-state index contributed by atoms with van der Waals surface area (Å²) in [7, 11) is 0. The predicted octanol–water partition coefficient (Wildman–Crippen LogP) is 1.79. The van der Waals surface area contributed by atoms with E-state index in [0.717, 1.165) is 9.21 Å². The molecule has 10 heavy (non-hydrogen) atoms. The van der Waals surface area contributed by atoms with Crippen molar-refractivity contribution in [1.29, 1.82) is 0 Å². The first-order valence-corrected chi connectivity index (χ1v) is 4.05. The van der Waals surface area contributed by atoms with Crippen molar-refractivity contribution in [2.75, 3.05) is 0 Å². The Balaban J connectivity index is 2.20. The maximum atomic E-state index is 8.83. The summed E-state index contributed by atoms with van der Waals surface area (Å²) in [5, 5.41) is 8.83. The standard InChI is InChI=1S/C6H5ClO2S/c7-4-2-1-3(10-4)5-6(8)9-5/h1-2,5-6,8H. The van der Waals surface area contributed by atoms with Crippen LogP contribution >= 0.6 is 22.9 Å². The summed E-state index contributed by atoms with van der Waals surface area (Å²) in [6.07, 6.45) is -0.716. The number of aliphatic hydroxyl groups excluding tert-OH is 1. The molecule has 1 aromatic heterocycles. The fraction of sp³-hybridized carbons (Fsp3) is 0.333. The number of aliphatic hydroxyl groups is 1. The van der Waals surface area contributed by atoms with Crippen LogP contribution in [0.25, 0.3) is 0 Å². The van der Waals surface area contributed by atoms with Crippen LogP contribution in [0.4, 0.5) is 0 Å². The zero-order valence-corrected chi connectivity index (χ0v) is 6.52. The highest BCUT2D eigenvalue weighted by molar-refractivity contribution is 7.16. The molecule has 0 radical (unpaired) electrons. The molecule has 0 aromatic carbocycles. The molecule has 0 spiro atoms. The van der Waals surface area contributed by atoms with E-state index in [9.17, 15) is 0 Å². The van der Waals surface area contributed by atoms with E-state index in [2.05, 4.69) is 0 Å². The maximum Gasteiger partial charge on any atom is 0.187 e. The Bertz CT molecular complexity index is 248. The van der Waals surface area contributed by atoms with E-state index in [1.807, 2.05) is 6.07 Å². The molecule has 4 heteroatoms. The van der Waals surface area contributed by atoms with Crippen molar-refractivity contribution >= 4 is 22.9 Å². The molecule has 1 fully saturated rings. The smallest absolute Gasteiger partial charge is 0.187 e. The van der Waals surface area contributed by atoms with E-state index in [0.29, 0.717) is 0 Å². The summed E-state index contributed by atoms with van der Waals surface area (Å²) in [5.41, 5.74) is 0. The topological polar surface area (TPSA) is 32.8 Å². The molecular formula is C6H5ClO2S. The van der Waals surface area contributed by atoms with E-state index in [-0.39, 0.29) is 6.10 Å². The first-order valence-electron chi connectivity index (χ1n) is 2.86. The van der Waals surface area contributed by atoms with Gasteiger partial charge >= 0.3 is 0 Å². The molecule has 1 aliphatic heterocycles. The number of hydrogen-bond acceptors (Lipinski definition) is 3. The van der Waals surface area contributed by atoms with Crippen molar-refractivity contribution in [1.82, 2.24) is 0 Å². The van der Waals surface area contributed by atoms with Crippen LogP contribution in [-0.4, -0.2) is 11.4 Å². The van der Waals surface area contributed by atoms with Gasteiger partial charge in [-0.1, -0.05) is 11.6 Å². The van der Waals surface area contributed by atoms with Crippen molar-refractivity contribution in [3.05, 3.63) is 21.3 Å². The van der Waals surface area contributed by atoms with Gasteiger partial charge in [0.25, 0.3) is 0 Å². The molecule has 1 aliphatic rings. The van der Waals surface area contributed by atoms with Gasteiger partial charge in [-0.15, -0.1) is 11.3 Å². The Morgan fingerprint density at radius 3 is 2.70 bits per heavy atom. The van der Waals surface area contributed by atoms with Gasteiger partial charge in [-0.05, 0) is 12.1 Å². The third-order valence-electron chi connectivity index (χ3n) is 1.34. The summed E-state index contributed by atoms with van der Waals surface area (Å²) in [4.78, 5) is 0.998. The number of hydrogen-bond donors (Lipinski definition) is 1. The lowest BCUT2D eigenvalue weighted by Crippen LogP contribution is -1.79. The van der Waals surface area contributed by atoms with Gasteiger partial charge in [-0.3, -0.25) is 0 Å². The van der Waals surface area contributed by atoms with E-state index in [1.165, 1.54) is 11.3 Å². The summed E-state index contributed by atoms with van der Waals surface area (Å²) >= 11 is 7.10. The number of halogens is 1. The SMILES string of the molecule is OC1OC1c1ccc(Cl)s1. The molecule has 2 heterocycles. The van der Waals surface area contributed by atoms with Crippen molar-refractivity contribution in [2.45, 2.75) is 12.4 Å². The Morgan fingerprint density at radius 1 is 1.60 bits per heavy atom. The first kappa shape index (κ1) is 6.61. The summed E-state index contributed by atoms with van der Waals surface area (Å²) in [6, 6.07) is 3.67. The largest absolute Gasteiger partial charge is 0.366 e. The van der Waals surface area contributed by atoms with Crippen LogP contribution in [-0.2, 0) is 4.74 Å². The summed E-state index contributed by atoms with van der Waals surface area (Å²) in [6.45, 7) is 0. The average molecular weight is 177 g/mol. The molecule has 0 saturated carbocycles. The molecule has 1 aromatic rings. The molecule has 1 saturated heterocycles. The van der Waals surface area contributed by atoms with Gasteiger partial charge < -0.3 is 9.84 Å². The average Bonchev–Trinajstić information content (AvgIpc) is 2.42. The van der Waals surface area contributed by atoms with Gasteiger partial charge in [-0.25, -0.2) is 0 Å². The maximum absolute atomic E-state index is 8.83. The zero-order valence-electron chi connectivity index (χ0n) is 4.95. The third kappa shape index (κ3) is 1.06. The molecule has 0 amide bonds. The van der Waals surface area contributed by atoms with Gasteiger partial charge in [0.05, 0.1) is 4.34 Å². The monoisotopic (exact) mass is 176 g/mol. The van der Waals surface area contributed by atoms with Crippen molar-refractivity contribution in [3.63, 3.8) is 0 Å². The van der Waals surface area contributed by atoms with Crippen LogP contribution in [0.1, 0.15) is 11.0 Å². The molecular weight excluding hydrogens is 172 g/mol. The van der Waals surface area contributed by atoms with Crippen LogP contribution in [0.5, 0.6) is 0 Å².